The van der Waals surface area contributed by atoms with Crippen molar-refractivity contribution in [1.29, 1.82) is 0 Å². The minimum atomic E-state index is -0.509. The molecule has 0 unspecified atom stereocenters. The van der Waals surface area contributed by atoms with Crippen molar-refractivity contribution >= 4 is 12.4 Å². The molecule has 1 aliphatic rings. The fraction of sp³-hybridized carbons (Fsp3) is 0.833. The first-order valence-corrected chi connectivity index (χ1v) is 6.15. The lowest BCUT2D eigenvalue weighted by atomic mass is 9.98. The van der Waals surface area contributed by atoms with Crippen LogP contribution in [-0.4, -0.2) is 60.3 Å². The van der Waals surface area contributed by atoms with Crippen molar-refractivity contribution in [3.05, 3.63) is 0 Å². The molecule has 1 fully saturated rings. The van der Waals surface area contributed by atoms with E-state index in [-0.39, 0.29) is 12.4 Å². The summed E-state index contributed by atoms with van der Waals surface area (Å²) in [5, 5.41) is 19.7. The van der Waals surface area contributed by atoms with Gasteiger partial charge in [0.25, 0.3) is 6.47 Å². The van der Waals surface area contributed by atoms with E-state index in [0.717, 1.165) is 25.7 Å². The van der Waals surface area contributed by atoms with Crippen LogP contribution in [0.3, 0.4) is 0 Å². The molecule has 1 rings (SSSR count). The highest BCUT2D eigenvalue weighted by atomic mass is 16.3. The van der Waals surface area contributed by atoms with E-state index in [1.54, 1.807) is 0 Å². The number of hydrogen-bond acceptors (Lipinski definition) is 4. The summed E-state index contributed by atoms with van der Waals surface area (Å²) in [5.41, 5.74) is -0.509. The first kappa shape index (κ1) is 16.9. The van der Waals surface area contributed by atoms with Crippen molar-refractivity contribution in [2.75, 3.05) is 27.2 Å². The number of amides is 1. The number of carbonyl (C=O) groups is 2. The minimum Gasteiger partial charge on any atom is -0.483 e. The maximum Gasteiger partial charge on any atom is 0.290 e. The van der Waals surface area contributed by atoms with Crippen LogP contribution in [0.15, 0.2) is 0 Å². The zero-order valence-electron chi connectivity index (χ0n) is 11.2. The molecule has 106 valence electrons. The molecule has 3 N–H and O–H groups in total. The fourth-order valence-corrected chi connectivity index (χ4v) is 2.06. The lowest BCUT2D eigenvalue weighted by Gasteiger charge is -2.22. The first-order valence-electron chi connectivity index (χ1n) is 6.15. The van der Waals surface area contributed by atoms with Gasteiger partial charge < -0.3 is 20.4 Å². The molecule has 6 heteroatoms. The average Bonchev–Trinajstić information content (AvgIpc) is 2.65. The zero-order valence-corrected chi connectivity index (χ0v) is 11.2. The van der Waals surface area contributed by atoms with Gasteiger partial charge in [0.15, 0.2) is 0 Å². The summed E-state index contributed by atoms with van der Waals surface area (Å²) in [6, 6.07) is 0. The SMILES string of the molecule is CN(C)CC(=O)NCCC1(O)CCCC1.O=CO. The van der Waals surface area contributed by atoms with Crippen LogP contribution in [0.4, 0.5) is 0 Å². The summed E-state index contributed by atoms with van der Waals surface area (Å²) in [6.07, 6.45) is 4.68. The van der Waals surface area contributed by atoms with Crippen LogP contribution >= 0.6 is 0 Å². The number of nitrogens with one attached hydrogen (secondary N) is 1. The molecular weight excluding hydrogens is 236 g/mol. The molecule has 6 nitrogen and oxygen atoms in total. The van der Waals surface area contributed by atoms with Gasteiger partial charge in [-0.25, -0.2) is 0 Å². The number of carboxylic acid groups (broad SMARTS) is 1. The third-order valence-electron chi connectivity index (χ3n) is 2.91. The van der Waals surface area contributed by atoms with Gasteiger partial charge in [0, 0.05) is 6.54 Å². The highest BCUT2D eigenvalue weighted by Gasteiger charge is 2.30. The Balaban J connectivity index is 0.000000873. The molecule has 0 heterocycles. The second-order valence-corrected chi connectivity index (χ2v) is 4.87. The average molecular weight is 260 g/mol. The highest BCUT2D eigenvalue weighted by Crippen LogP contribution is 2.31. The van der Waals surface area contributed by atoms with E-state index in [1.807, 2.05) is 19.0 Å². The number of likely N-dealkylation sites (N-methyl/N-ethyl adjacent to an activating group) is 1. The van der Waals surface area contributed by atoms with Crippen molar-refractivity contribution in [2.24, 2.45) is 0 Å². The van der Waals surface area contributed by atoms with Gasteiger partial charge in [-0.3, -0.25) is 9.59 Å². The van der Waals surface area contributed by atoms with Crippen LogP contribution in [0.5, 0.6) is 0 Å². The standard InChI is InChI=1S/C11H22N2O2.CH2O2/c1-13(2)9-10(14)12-8-7-11(15)5-3-4-6-11;2-1-3/h15H,3-9H2,1-2H3,(H,12,14);1H,(H,2,3). The van der Waals surface area contributed by atoms with Crippen molar-refractivity contribution in [2.45, 2.75) is 37.7 Å². The van der Waals surface area contributed by atoms with Gasteiger partial charge in [0.1, 0.15) is 0 Å². The normalized spacial score (nSPS) is 16.9. The highest BCUT2D eigenvalue weighted by molar-refractivity contribution is 5.77. The summed E-state index contributed by atoms with van der Waals surface area (Å²) < 4.78 is 0. The molecule has 0 bridgehead atoms. The van der Waals surface area contributed by atoms with Crippen LogP contribution in [0.25, 0.3) is 0 Å². The van der Waals surface area contributed by atoms with Gasteiger partial charge in [0.05, 0.1) is 12.1 Å². The summed E-state index contributed by atoms with van der Waals surface area (Å²) in [5.74, 6) is 0.0293. The summed E-state index contributed by atoms with van der Waals surface area (Å²) in [4.78, 5) is 21.5. The number of aliphatic hydroxyl groups is 1. The summed E-state index contributed by atoms with van der Waals surface area (Å²) in [6.45, 7) is 0.752. The molecule has 0 spiro atoms. The third kappa shape index (κ3) is 8.03. The molecule has 0 aliphatic heterocycles. The minimum absolute atomic E-state index is 0.0293. The predicted octanol–water partition coefficient (Wildman–Crippen LogP) is 0.0602. The van der Waals surface area contributed by atoms with Gasteiger partial charge in [0.2, 0.25) is 5.91 Å². The molecule has 1 aliphatic carbocycles. The molecule has 0 radical (unpaired) electrons. The molecule has 0 aromatic rings. The van der Waals surface area contributed by atoms with Gasteiger partial charge in [-0.05, 0) is 33.4 Å². The van der Waals surface area contributed by atoms with Crippen molar-refractivity contribution in [3.63, 3.8) is 0 Å². The van der Waals surface area contributed by atoms with Gasteiger partial charge in [-0.2, -0.15) is 0 Å². The van der Waals surface area contributed by atoms with E-state index in [2.05, 4.69) is 5.32 Å². The predicted molar refractivity (Wildman–Crippen MR) is 68.3 cm³/mol. The van der Waals surface area contributed by atoms with E-state index < -0.39 is 5.60 Å². The number of carbonyl (C=O) groups excluding carboxylic acids is 1. The van der Waals surface area contributed by atoms with Crippen molar-refractivity contribution in [1.82, 2.24) is 10.2 Å². The summed E-state index contributed by atoms with van der Waals surface area (Å²) >= 11 is 0. The molecule has 0 saturated heterocycles. The number of nitrogens with zero attached hydrogens (tertiary/aromatic N) is 1. The largest absolute Gasteiger partial charge is 0.483 e. The number of rotatable bonds is 5. The van der Waals surface area contributed by atoms with E-state index in [0.29, 0.717) is 19.5 Å². The Bertz CT molecular complexity index is 250. The molecular formula is C12H24N2O4. The number of hydrogen-bond donors (Lipinski definition) is 3. The topological polar surface area (TPSA) is 89.9 Å². The van der Waals surface area contributed by atoms with Crippen molar-refractivity contribution < 1.29 is 19.8 Å². The Labute approximate surface area is 108 Å². The van der Waals surface area contributed by atoms with E-state index in [9.17, 15) is 9.90 Å². The Morgan fingerprint density at radius 3 is 2.33 bits per heavy atom. The van der Waals surface area contributed by atoms with Crippen LogP contribution < -0.4 is 5.32 Å². The Morgan fingerprint density at radius 2 is 1.89 bits per heavy atom. The Hall–Kier alpha value is -1.14. The molecule has 1 amide bonds. The maximum atomic E-state index is 11.3. The fourth-order valence-electron chi connectivity index (χ4n) is 2.06. The van der Waals surface area contributed by atoms with E-state index >= 15 is 0 Å². The monoisotopic (exact) mass is 260 g/mol. The molecule has 0 atom stereocenters. The Morgan fingerprint density at radius 1 is 1.39 bits per heavy atom. The van der Waals surface area contributed by atoms with Gasteiger partial charge in [-0.1, -0.05) is 12.8 Å². The second kappa shape index (κ2) is 8.88. The molecule has 0 aromatic heterocycles. The molecule has 0 aromatic carbocycles. The second-order valence-electron chi connectivity index (χ2n) is 4.87. The van der Waals surface area contributed by atoms with E-state index in [1.165, 1.54) is 0 Å². The van der Waals surface area contributed by atoms with Crippen LogP contribution in [-0.2, 0) is 9.59 Å². The lowest BCUT2D eigenvalue weighted by Crippen LogP contribution is -2.37. The maximum absolute atomic E-state index is 11.3. The zero-order chi connectivity index (χ0) is 14.0. The first-order chi connectivity index (χ1) is 8.43. The van der Waals surface area contributed by atoms with Crippen LogP contribution in [0.1, 0.15) is 32.1 Å². The molecule has 18 heavy (non-hydrogen) atoms. The third-order valence-corrected chi connectivity index (χ3v) is 2.91. The summed E-state index contributed by atoms with van der Waals surface area (Å²) in [7, 11) is 3.73. The molecule has 1 saturated carbocycles. The van der Waals surface area contributed by atoms with Gasteiger partial charge in [-0.15, -0.1) is 0 Å². The van der Waals surface area contributed by atoms with E-state index in [4.69, 9.17) is 9.90 Å². The van der Waals surface area contributed by atoms with Gasteiger partial charge >= 0.3 is 0 Å². The quantitative estimate of drug-likeness (QED) is 0.608. The van der Waals surface area contributed by atoms with Crippen molar-refractivity contribution in [3.8, 4) is 0 Å². The smallest absolute Gasteiger partial charge is 0.290 e. The Kier molecular flexibility index (Phi) is 8.32. The van der Waals surface area contributed by atoms with Crippen LogP contribution in [0, 0.1) is 0 Å². The van der Waals surface area contributed by atoms with Crippen LogP contribution in [0.2, 0.25) is 0 Å². The lowest BCUT2D eigenvalue weighted by molar-refractivity contribution is -0.123.